The van der Waals surface area contributed by atoms with Crippen LogP contribution < -0.4 is 5.56 Å². The summed E-state index contributed by atoms with van der Waals surface area (Å²) in [4.78, 5) is 39.8. The van der Waals surface area contributed by atoms with Crippen molar-refractivity contribution in [2.45, 2.75) is 13.5 Å². The molecule has 4 aromatic rings. The van der Waals surface area contributed by atoms with Gasteiger partial charge in [0.1, 0.15) is 5.56 Å². The van der Waals surface area contributed by atoms with Gasteiger partial charge in [0.2, 0.25) is 0 Å². The zero-order valence-electron chi connectivity index (χ0n) is 17.3. The second-order valence-corrected chi connectivity index (χ2v) is 7.33. The Morgan fingerprint density at radius 3 is 2.16 bits per heavy atom. The molecule has 0 aliphatic rings. The average Bonchev–Trinajstić information content (AvgIpc) is 2.80. The van der Waals surface area contributed by atoms with Crippen molar-refractivity contribution in [1.29, 1.82) is 0 Å². The number of nitrogens with zero attached hydrogens (tertiary/aromatic N) is 1. The smallest absolute Gasteiger partial charge is 0.344 e. The highest BCUT2D eigenvalue weighted by molar-refractivity contribution is 6.20. The summed E-state index contributed by atoms with van der Waals surface area (Å²) in [6.45, 7) is 2.17. The summed E-state index contributed by atoms with van der Waals surface area (Å²) in [6.07, 6.45) is 0. The van der Waals surface area contributed by atoms with Crippen LogP contribution in [0.25, 0.3) is 10.9 Å². The van der Waals surface area contributed by atoms with Crippen molar-refractivity contribution in [3.8, 4) is 0 Å². The summed E-state index contributed by atoms with van der Waals surface area (Å²) in [5.41, 5.74) is 2.09. The lowest BCUT2D eigenvalue weighted by Crippen LogP contribution is -2.31. The molecule has 0 radical (unpaired) electrons. The number of pyridine rings is 1. The topological polar surface area (TPSA) is 65.4 Å². The number of hydrogen-bond donors (Lipinski definition) is 0. The maximum atomic E-state index is 13.5. The summed E-state index contributed by atoms with van der Waals surface area (Å²) >= 11 is 0. The van der Waals surface area contributed by atoms with Gasteiger partial charge in [-0.05, 0) is 24.6 Å². The summed E-state index contributed by atoms with van der Waals surface area (Å²) < 4.78 is 6.45. The van der Waals surface area contributed by atoms with Crippen molar-refractivity contribution in [2.75, 3.05) is 7.11 Å². The number of carbonyl (C=O) groups is 2. The van der Waals surface area contributed by atoms with E-state index in [2.05, 4.69) is 0 Å². The van der Waals surface area contributed by atoms with Crippen LogP contribution in [0, 0.1) is 6.92 Å². The van der Waals surface area contributed by atoms with E-state index < -0.39 is 11.5 Å². The van der Waals surface area contributed by atoms with Gasteiger partial charge in [0.15, 0.2) is 5.78 Å². The van der Waals surface area contributed by atoms with Crippen molar-refractivity contribution in [1.82, 2.24) is 4.57 Å². The minimum Gasteiger partial charge on any atom is -0.465 e. The van der Waals surface area contributed by atoms with Gasteiger partial charge in [-0.2, -0.15) is 0 Å². The molecule has 0 N–H and O–H groups in total. The van der Waals surface area contributed by atoms with E-state index in [1.807, 2.05) is 55.5 Å². The molecule has 0 unspecified atom stereocenters. The van der Waals surface area contributed by atoms with Crippen LogP contribution in [0.4, 0.5) is 0 Å². The number of carbonyl (C=O) groups excluding carboxylic acids is 2. The van der Waals surface area contributed by atoms with Gasteiger partial charge < -0.3 is 9.30 Å². The first-order valence-corrected chi connectivity index (χ1v) is 9.90. The van der Waals surface area contributed by atoms with Crippen molar-refractivity contribution < 1.29 is 14.3 Å². The fourth-order valence-electron chi connectivity index (χ4n) is 3.76. The second-order valence-electron chi connectivity index (χ2n) is 7.33. The van der Waals surface area contributed by atoms with Gasteiger partial charge in [-0.3, -0.25) is 9.59 Å². The molecular weight excluding hydrogens is 390 g/mol. The Hall–Kier alpha value is -3.99. The SMILES string of the molecule is COC(=O)c1c(C(=O)c2ccccc2)c2cc(C)ccc2n(Cc2ccccc2)c1=O. The monoisotopic (exact) mass is 411 g/mol. The van der Waals surface area contributed by atoms with E-state index in [0.29, 0.717) is 16.5 Å². The van der Waals surface area contributed by atoms with Crippen molar-refractivity contribution in [3.63, 3.8) is 0 Å². The Bertz CT molecular complexity index is 1340. The first kappa shape index (κ1) is 20.3. The van der Waals surface area contributed by atoms with Gasteiger partial charge in [-0.1, -0.05) is 72.3 Å². The Balaban J connectivity index is 2.08. The van der Waals surface area contributed by atoms with Crippen LogP contribution in [0.15, 0.2) is 83.7 Å². The molecule has 0 atom stereocenters. The number of benzene rings is 3. The van der Waals surface area contributed by atoms with E-state index in [1.54, 1.807) is 30.3 Å². The van der Waals surface area contributed by atoms with Gasteiger partial charge in [-0.15, -0.1) is 0 Å². The highest BCUT2D eigenvalue weighted by Crippen LogP contribution is 2.26. The predicted molar refractivity (Wildman–Crippen MR) is 120 cm³/mol. The van der Waals surface area contributed by atoms with Crippen molar-refractivity contribution in [3.05, 3.63) is 117 Å². The summed E-state index contributed by atoms with van der Waals surface area (Å²) in [5, 5.41) is 0.546. The molecule has 4 rings (SSSR count). The Labute approximate surface area is 179 Å². The molecule has 0 spiro atoms. The third kappa shape index (κ3) is 3.78. The van der Waals surface area contributed by atoms with Gasteiger partial charge in [0.25, 0.3) is 5.56 Å². The molecule has 0 aliphatic heterocycles. The number of rotatable bonds is 5. The number of esters is 1. The predicted octanol–water partition coefficient (Wildman–Crippen LogP) is 4.38. The molecule has 154 valence electrons. The minimum atomic E-state index is -0.825. The molecule has 0 fully saturated rings. The Morgan fingerprint density at radius 2 is 1.52 bits per heavy atom. The second kappa shape index (κ2) is 8.40. The van der Waals surface area contributed by atoms with E-state index in [0.717, 1.165) is 11.1 Å². The molecule has 31 heavy (non-hydrogen) atoms. The summed E-state index contributed by atoms with van der Waals surface area (Å²) in [6, 6.07) is 23.7. The molecule has 5 heteroatoms. The molecule has 0 saturated carbocycles. The van der Waals surface area contributed by atoms with E-state index in [4.69, 9.17) is 4.74 Å². The molecular formula is C26H21NO4. The van der Waals surface area contributed by atoms with Crippen LogP contribution in [0.3, 0.4) is 0 Å². The minimum absolute atomic E-state index is 0.0751. The van der Waals surface area contributed by atoms with Gasteiger partial charge in [0.05, 0.1) is 24.7 Å². The average molecular weight is 411 g/mol. The number of hydrogen-bond acceptors (Lipinski definition) is 4. The lowest BCUT2D eigenvalue weighted by molar-refractivity contribution is 0.0595. The van der Waals surface area contributed by atoms with Crippen LogP contribution in [0.1, 0.15) is 37.4 Å². The first-order chi connectivity index (χ1) is 15.0. The van der Waals surface area contributed by atoms with Crippen molar-refractivity contribution >= 4 is 22.7 Å². The Morgan fingerprint density at radius 1 is 0.871 bits per heavy atom. The maximum Gasteiger partial charge on any atom is 0.344 e. The summed E-state index contributed by atoms with van der Waals surface area (Å²) in [7, 11) is 1.21. The number of ether oxygens (including phenoxy) is 1. The number of aryl methyl sites for hydroxylation is 1. The lowest BCUT2D eigenvalue weighted by Gasteiger charge is -2.17. The van der Waals surface area contributed by atoms with E-state index in [9.17, 15) is 14.4 Å². The normalized spacial score (nSPS) is 10.8. The van der Waals surface area contributed by atoms with E-state index in [-0.39, 0.29) is 23.5 Å². The van der Waals surface area contributed by atoms with Crippen LogP contribution in [0.2, 0.25) is 0 Å². The van der Waals surface area contributed by atoms with Crippen LogP contribution in [0.5, 0.6) is 0 Å². The summed E-state index contributed by atoms with van der Waals surface area (Å²) in [5.74, 6) is -1.21. The molecule has 0 aliphatic carbocycles. The van der Waals surface area contributed by atoms with Crippen molar-refractivity contribution in [2.24, 2.45) is 0 Å². The third-order valence-electron chi connectivity index (χ3n) is 5.26. The zero-order chi connectivity index (χ0) is 22.0. The molecule has 5 nitrogen and oxygen atoms in total. The fraction of sp³-hybridized carbons (Fsp3) is 0.115. The molecule has 0 amide bonds. The number of methoxy groups -OCH3 is 1. The lowest BCUT2D eigenvalue weighted by atomic mass is 9.94. The molecule has 3 aromatic carbocycles. The van der Waals surface area contributed by atoms with Gasteiger partial charge in [0, 0.05) is 10.9 Å². The van der Waals surface area contributed by atoms with E-state index in [1.165, 1.54) is 11.7 Å². The highest BCUT2D eigenvalue weighted by atomic mass is 16.5. The quantitative estimate of drug-likeness (QED) is 0.361. The first-order valence-electron chi connectivity index (χ1n) is 9.90. The van der Waals surface area contributed by atoms with Crippen LogP contribution in [-0.4, -0.2) is 23.4 Å². The highest BCUT2D eigenvalue weighted by Gasteiger charge is 2.28. The Kier molecular flexibility index (Phi) is 5.50. The molecule has 0 bridgehead atoms. The largest absolute Gasteiger partial charge is 0.465 e. The molecule has 1 heterocycles. The number of ketones is 1. The standard InChI is InChI=1S/C26H21NO4/c1-17-13-14-21-20(15-17)22(24(28)19-11-7-4-8-12-19)23(26(30)31-2)25(29)27(21)16-18-9-5-3-6-10-18/h3-15H,16H2,1-2H3. The fourth-order valence-corrected chi connectivity index (χ4v) is 3.76. The molecule has 0 saturated heterocycles. The van der Waals surface area contributed by atoms with Gasteiger partial charge >= 0.3 is 5.97 Å². The maximum absolute atomic E-state index is 13.5. The number of fused-ring (bicyclic) bond motifs is 1. The third-order valence-corrected chi connectivity index (χ3v) is 5.26. The van der Waals surface area contributed by atoms with Gasteiger partial charge in [-0.25, -0.2) is 4.79 Å². The van der Waals surface area contributed by atoms with Crippen LogP contribution >= 0.6 is 0 Å². The van der Waals surface area contributed by atoms with E-state index >= 15 is 0 Å². The van der Waals surface area contributed by atoms with Crippen LogP contribution in [-0.2, 0) is 11.3 Å². The number of aromatic nitrogens is 1. The zero-order valence-corrected chi connectivity index (χ0v) is 17.3. The molecule has 1 aromatic heterocycles.